The number of hydrogen-bond donors (Lipinski definition) is 1. The summed E-state index contributed by atoms with van der Waals surface area (Å²) in [4.78, 5) is 16.7. The van der Waals surface area contributed by atoms with Gasteiger partial charge in [0.1, 0.15) is 11.5 Å². The Balaban J connectivity index is 1.91. The van der Waals surface area contributed by atoms with Crippen molar-refractivity contribution in [2.45, 2.75) is 0 Å². The number of nitrogens with one attached hydrogen (secondary N) is 1. The van der Waals surface area contributed by atoms with E-state index in [9.17, 15) is 9.18 Å². The van der Waals surface area contributed by atoms with Gasteiger partial charge < -0.3 is 14.8 Å². The Morgan fingerprint density at radius 2 is 1.88 bits per heavy atom. The molecule has 2 aromatic rings. The zero-order valence-corrected chi connectivity index (χ0v) is 15.5. The molecule has 1 aliphatic heterocycles. The van der Waals surface area contributed by atoms with Crippen LogP contribution >= 0.6 is 23.4 Å². The maximum atomic E-state index is 13.7. The number of ether oxygens (including phenoxy) is 2. The van der Waals surface area contributed by atoms with Crippen LogP contribution in [0.25, 0.3) is 6.08 Å². The van der Waals surface area contributed by atoms with E-state index in [2.05, 4.69) is 10.3 Å². The van der Waals surface area contributed by atoms with Crippen LogP contribution < -0.4 is 14.8 Å². The molecule has 2 aromatic carbocycles. The lowest BCUT2D eigenvalue weighted by Gasteiger charge is -2.09. The first-order chi connectivity index (χ1) is 12.5. The molecule has 1 fully saturated rings. The van der Waals surface area contributed by atoms with Crippen LogP contribution in [0.4, 0.5) is 10.1 Å². The summed E-state index contributed by atoms with van der Waals surface area (Å²) in [6.45, 7) is 0. The molecule has 0 spiro atoms. The summed E-state index contributed by atoms with van der Waals surface area (Å²) in [7, 11) is 3.02. The Labute approximate surface area is 158 Å². The number of para-hydroxylation sites is 1. The minimum absolute atomic E-state index is 0.153. The second-order valence-electron chi connectivity index (χ2n) is 5.16. The van der Waals surface area contributed by atoms with Gasteiger partial charge in [0.25, 0.3) is 5.91 Å². The van der Waals surface area contributed by atoms with Crippen molar-refractivity contribution >= 4 is 46.2 Å². The van der Waals surface area contributed by atoms with Gasteiger partial charge in [-0.2, -0.15) is 0 Å². The van der Waals surface area contributed by atoms with Crippen LogP contribution in [0.2, 0.25) is 5.02 Å². The smallest absolute Gasteiger partial charge is 0.264 e. The number of amidine groups is 1. The molecule has 0 saturated carbocycles. The summed E-state index contributed by atoms with van der Waals surface area (Å²) in [5, 5.41) is 3.31. The Hall–Kier alpha value is -2.51. The Morgan fingerprint density at radius 3 is 2.58 bits per heavy atom. The van der Waals surface area contributed by atoms with Crippen molar-refractivity contribution in [1.82, 2.24) is 5.32 Å². The van der Waals surface area contributed by atoms with Gasteiger partial charge in [-0.1, -0.05) is 23.7 Å². The Kier molecular flexibility index (Phi) is 5.49. The van der Waals surface area contributed by atoms with Gasteiger partial charge in [0, 0.05) is 6.07 Å². The fourth-order valence-electron chi connectivity index (χ4n) is 2.25. The highest BCUT2D eigenvalue weighted by molar-refractivity contribution is 8.18. The number of nitrogens with zero attached hydrogens (tertiary/aromatic N) is 1. The van der Waals surface area contributed by atoms with Crippen molar-refractivity contribution < 1.29 is 18.7 Å². The SMILES string of the molecule is COc1cc(Cl)c(/C=C2\SC(=Nc3ccccc3F)NC2=O)cc1OC. The molecular weight excluding hydrogens is 379 g/mol. The first-order valence-electron chi connectivity index (χ1n) is 7.47. The molecule has 0 unspecified atom stereocenters. The predicted octanol–water partition coefficient (Wildman–Crippen LogP) is 4.39. The number of amides is 1. The number of halogens is 2. The summed E-state index contributed by atoms with van der Waals surface area (Å²) in [5.41, 5.74) is 0.745. The van der Waals surface area contributed by atoms with E-state index < -0.39 is 5.82 Å². The van der Waals surface area contributed by atoms with Crippen LogP contribution in [0.15, 0.2) is 46.3 Å². The molecule has 134 valence electrons. The van der Waals surface area contributed by atoms with Crippen LogP contribution in [-0.4, -0.2) is 25.3 Å². The first-order valence-corrected chi connectivity index (χ1v) is 8.67. The maximum absolute atomic E-state index is 13.7. The lowest BCUT2D eigenvalue weighted by molar-refractivity contribution is -0.115. The zero-order chi connectivity index (χ0) is 18.7. The molecule has 1 N–H and O–H groups in total. The third-order valence-corrected chi connectivity index (χ3v) is 4.75. The topological polar surface area (TPSA) is 59.9 Å². The molecular formula is C18H14ClFN2O3S. The van der Waals surface area contributed by atoms with Gasteiger partial charge in [-0.05, 0) is 41.6 Å². The highest BCUT2D eigenvalue weighted by atomic mass is 35.5. The average molecular weight is 393 g/mol. The van der Waals surface area contributed by atoms with Gasteiger partial charge in [0.15, 0.2) is 16.7 Å². The van der Waals surface area contributed by atoms with E-state index >= 15 is 0 Å². The van der Waals surface area contributed by atoms with E-state index in [0.29, 0.717) is 32.2 Å². The lowest BCUT2D eigenvalue weighted by atomic mass is 10.2. The third kappa shape index (κ3) is 3.84. The maximum Gasteiger partial charge on any atom is 0.264 e. The quantitative estimate of drug-likeness (QED) is 0.784. The van der Waals surface area contributed by atoms with Crippen molar-refractivity contribution in [2.24, 2.45) is 4.99 Å². The fourth-order valence-corrected chi connectivity index (χ4v) is 3.29. The molecule has 1 heterocycles. The largest absolute Gasteiger partial charge is 0.493 e. The number of carbonyl (C=O) groups excluding carboxylic acids is 1. The number of benzene rings is 2. The van der Waals surface area contributed by atoms with Crippen molar-refractivity contribution in [2.75, 3.05) is 14.2 Å². The highest BCUT2D eigenvalue weighted by Gasteiger charge is 2.24. The van der Waals surface area contributed by atoms with Gasteiger partial charge in [-0.15, -0.1) is 0 Å². The van der Waals surface area contributed by atoms with E-state index in [4.69, 9.17) is 21.1 Å². The number of hydrogen-bond acceptors (Lipinski definition) is 5. The number of aliphatic imine (C=N–C) groups is 1. The van der Waals surface area contributed by atoms with Crippen LogP contribution in [0.1, 0.15) is 5.56 Å². The van der Waals surface area contributed by atoms with Gasteiger partial charge in [-0.3, -0.25) is 4.79 Å². The summed E-state index contributed by atoms with van der Waals surface area (Å²) >= 11 is 7.35. The van der Waals surface area contributed by atoms with Crippen molar-refractivity contribution in [3.05, 3.63) is 57.7 Å². The molecule has 26 heavy (non-hydrogen) atoms. The monoisotopic (exact) mass is 392 g/mol. The van der Waals surface area contributed by atoms with E-state index in [1.807, 2.05) is 0 Å². The van der Waals surface area contributed by atoms with Gasteiger partial charge in [0.2, 0.25) is 0 Å². The molecule has 0 radical (unpaired) electrons. The summed E-state index contributed by atoms with van der Waals surface area (Å²) in [6, 6.07) is 9.36. The first kappa shape index (κ1) is 18.3. The molecule has 5 nitrogen and oxygen atoms in total. The normalized spacial score (nSPS) is 16.8. The van der Waals surface area contributed by atoms with E-state index in [1.54, 1.807) is 30.3 Å². The van der Waals surface area contributed by atoms with Gasteiger partial charge in [-0.25, -0.2) is 9.38 Å². The molecule has 1 saturated heterocycles. The van der Waals surface area contributed by atoms with Gasteiger partial charge >= 0.3 is 0 Å². The molecule has 0 aromatic heterocycles. The minimum Gasteiger partial charge on any atom is -0.493 e. The molecule has 0 atom stereocenters. The summed E-state index contributed by atoms with van der Waals surface area (Å²) < 4.78 is 24.1. The second kappa shape index (κ2) is 7.80. The molecule has 8 heteroatoms. The average Bonchev–Trinajstić information content (AvgIpc) is 2.97. The molecule has 0 bridgehead atoms. The predicted molar refractivity (Wildman–Crippen MR) is 102 cm³/mol. The minimum atomic E-state index is -0.463. The summed E-state index contributed by atoms with van der Waals surface area (Å²) in [5.74, 6) is 0.184. The van der Waals surface area contributed by atoms with E-state index in [-0.39, 0.29) is 11.6 Å². The van der Waals surface area contributed by atoms with Crippen molar-refractivity contribution in [3.63, 3.8) is 0 Å². The highest BCUT2D eigenvalue weighted by Crippen LogP contribution is 2.36. The number of carbonyl (C=O) groups is 1. The van der Waals surface area contributed by atoms with Crippen LogP contribution in [0, 0.1) is 5.82 Å². The standard InChI is InChI=1S/C18H14ClFN2O3S/c1-24-14-7-10(11(19)9-15(14)25-2)8-16-17(23)22-18(26-16)21-13-6-4-3-5-12(13)20/h3-9H,1-2H3,(H,21,22,23)/b16-8-. The zero-order valence-electron chi connectivity index (χ0n) is 13.9. The van der Waals surface area contributed by atoms with Crippen molar-refractivity contribution in [1.29, 1.82) is 0 Å². The number of thioether (sulfide) groups is 1. The Morgan fingerprint density at radius 1 is 1.19 bits per heavy atom. The van der Waals surface area contributed by atoms with Crippen molar-refractivity contribution in [3.8, 4) is 11.5 Å². The summed E-state index contributed by atoms with van der Waals surface area (Å²) in [6.07, 6.45) is 1.62. The molecule has 3 rings (SSSR count). The fraction of sp³-hybridized carbons (Fsp3) is 0.111. The lowest BCUT2D eigenvalue weighted by Crippen LogP contribution is -2.19. The van der Waals surface area contributed by atoms with E-state index in [0.717, 1.165) is 11.8 Å². The third-order valence-electron chi connectivity index (χ3n) is 3.51. The second-order valence-corrected chi connectivity index (χ2v) is 6.60. The Bertz CT molecular complexity index is 931. The molecule has 1 amide bonds. The number of methoxy groups -OCH3 is 2. The van der Waals surface area contributed by atoms with Gasteiger partial charge in [0.05, 0.1) is 24.1 Å². The van der Waals surface area contributed by atoms with Crippen LogP contribution in [0.3, 0.4) is 0 Å². The van der Waals surface area contributed by atoms with Crippen LogP contribution in [0.5, 0.6) is 11.5 Å². The number of rotatable bonds is 4. The molecule has 0 aliphatic carbocycles. The van der Waals surface area contributed by atoms with Crippen LogP contribution in [-0.2, 0) is 4.79 Å². The van der Waals surface area contributed by atoms with E-state index in [1.165, 1.54) is 26.4 Å². The molecule has 1 aliphatic rings.